The Kier molecular flexibility index (Phi) is 3.43. The van der Waals surface area contributed by atoms with Crippen LogP contribution in [-0.4, -0.2) is 25.4 Å². The van der Waals surface area contributed by atoms with E-state index in [4.69, 9.17) is 0 Å². The molecular formula is C19H13FN4OS. The lowest BCUT2D eigenvalue weighted by Gasteiger charge is -2.21. The van der Waals surface area contributed by atoms with Gasteiger partial charge in [-0.1, -0.05) is 6.07 Å². The number of Topliss-reactive ketones (excluding diaryl/α,β-unsaturated/α-hetero) is 1. The molecular weight excluding hydrogens is 351 g/mol. The molecule has 3 heterocycles. The lowest BCUT2D eigenvalue weighted by Crippen LogP contribution is -2.20. The van der Waals surface area contributed by atoms with E-state index in [2.05, 4.69) is 21.1 Å². The third-order valence-electron chi connectivity index (χ3n) is 4.63. The molecule has 1 aromatic carbocycles. The topological polar surface area (TPSA) is 60.2 Å². The van der Waals surface area contributed by atoms with E-state index in [9.17, 15) is 9.18 Å². The average molecular weight is 364 g/mol. The standard InChI is InChI=1S/C19H13FN4OS/c20-13-5-3-11(4-6-13)18-22-19-21-15-8-12(17-2-1-7-26-17)9-16(25)14(15)10-24(19)23-18/h1-7,10,12H,8-9H2. The van der Waals surface area contributed by atoms with Gasteiger partial charge in [0.25, 0.3) is 5.78 Å². The van der Waals surface area contributed by atoms with Crippen LogP contribution in [0.3, 0.4) is 0 Å². The first-order chi connectivity index (χ1) is 12.7. The van der Waals surface area contributed by atoms with Crippen LogP contribution in [-0.2, 0) is 6.42 Å². The first kappa shape index (κ1) is 15.3. The van der Waals surface area contributed by atoms with E-state index in [1.165, 1.54) is 21.5 Å². The molecule has 1 atom stereocenters. The SMILES string of the molecule is O=C1CC(c2cccs2)Cc2nc3nc(-c4ccc(F)cc4)nn3cc21. The quantitative estimate of drug-likeness (QED) is 0.541. The Morgan fingerprint density at radius 1 is 1.12 bits per heavy atom. The molecule has 0 spiro atoms. The molecule has 26 heavy (non-hydrogen) atoms. The lowest BCUT2D eigenvalue weighted by molar-refractivity contribution is 0.0963. The number of hydrogen-bond donors (Lipinski definition) is 0. The highest BCUT2D eigenvalue weighted by Gasteiger charge is 2.29. The second-order valence-electron chi connectivity index (χ2n) is 6.33. The Hall–Kier alpha value is -2.93. The number of nitrogens with zero attached hydrogens (tertiary/aromatic N) is 4. The number of rotatable bonds is 2. The summed E-state index contributed by atoms with van der Waals surface area (Å²) >= 11 is 1.67. The maximum atomic E-state index is 13.1. The number of hydrogen-bond acceptors (Lipinski definition) is 5. The monoisotopic (exact) mass is 364 g/mol. The van der Waals surface area contributed by atoms with Crippen molar-refractivity contribution in [1.29, 1.82) is 0 Å². The number of aromatic nitrogens is 4. The summed E-state index contributed by atoms with van der Waals surface area (Å²) in [4.78, 5) is 22.9. The van der Waals surface area contributed by atoms with Crippen LogP contribution in [0.1, 0.15) is 33.3 Å². The highest BCUT2D eigenvalue weighted by Crippen LogP contribution is 2.34. The fraction of sp³-hybridized carbons (Fsp3) is 0.158. The molecule has 0 aliphatic heterocycles. The molecule has 0 saturated carbocycles. The van der Waals surface area contributed by atoms with Crippen molar-refractivity contribution in [2.24, 2.45) is 0 Å². The van der Waals surface area contributed by atoms with E-state index >= 15 is 0 Å². The molecule has 0 fully saturated rings. The van der Waals surface area contributed by atoms with E-state index in [0.29, 0.717) is 29.1 Å². The molecule has 0 N–H and O–H groups in total. The van der Waals surface area contributed by atoms with Crippen LogP contribution in [0, 0.1) is 5.82 Å². The fourth-order valence-electron chi connectivity index (χ4n) is 3.33. The highest BCUT2D eigenvalue weighted by molar-refractivity contribution is 7.10. The number of carbonyl (C=O) groups is 1. The third kappa shape index (κ3) is 2.52. The molecule has 3 aromatic heterocycles. The van der Waals surface area contributed by atoms with Crippen LogP contribution >= 0.6 is 11.3 Å². The average Bonchev–Trinajstić information content (AvgIpc) is 3.30. The number of fused-ring (bicyclic) bond motifs is 2. The predicted molar refractivity (Wildman–Crippen MR) is 95.9 cm³/mol. The first-order valence-electron chi connectivity index (χ1n) is 8.26. The van der Waals surface area contributed by atoms with Crippen molar-refractivity contribution in [2.75, 3.05) is 0 Å². The molecule has 1 aliphatic carbocycles. The van der Waals surface area contributed by atoms with E-state index in [1.807, 2.05) is 11.4 Å². The number of carbonyl (C=O) groups excluding carboxylic acids is 1. The zero-order valence-corrected chi connectivity index (χ0v) is 14.4. The molecule has 0 saturated heterocycles. The Balaban J connectivity index is 1.57. The molecule has 4 aromatic rings. The van der Waals surface area contributed by atoms with Gasteiger partial charge in [0, 0.05) is 29.0 Å². The first-order valence-corrected chi connectivity index (χ1v) is 9.14. The Labute approximate surface area is 152 Å². The van der Waals surface area contributed by atoms with Gasteiger partial charge in [0.2, 0.25) is 0 Å². The maximum Gasteiger partial charge on any atom is 0.252 e. The summed E-state index contributed by atoms with van der Waals surface area (Å²) in [7, 11) is 0. The Morgan fingerprint density at radius 3 is 2.73 bits per heavy atom. The van der Waals surface area contributed by atoms with Gasteiger partial charge in [-0.2, -0.15) is 4.98 Å². The summed E-state index contributed by atoms with van der Waals surface area (Å²) in [6, 6.07) is 10.1. The summed E-state index contributed by atoms with van der Waals surface area (Å²) in [6.07, 6.45) is 2.92. The number of halogens is 1. The van der Waals surface area contributed by atoms with Gasteiger partial charge in [-0.05, 0) is 42.1 Å². The van der Waals surface area contributed by atoms with Crippen molar-refractivity contribution in [2.45, 2.75) is 18.8 Å². The van der Waals surface area contributed by atoms with Gasteiger partial charge in [0.05, 0.1) is 11.3 Å². The molecule has 5 nitrogen and oxygen atoms in total. The molecule has 7 heteroatoms. The third-order valence-corrected chi connectivity index (χ3v) is 5.67. The molecule has 128 valence electrons. The molecule has 1 aliphatic rings. The largest absolute Gasteiger partial charge is 0.294 e. The predicted octanol–water partition coefficient (Wildman–Crippen LogP) is 3.90. The summed E-state index contributed by atoms with van der Waals surface area (Å²) in [5, 5.41) is 6.42. The van der Waals surface area contributed by atoms with Crippen molar-refractivity contribution < 1.29 is 9.18 Å². The van der Waals surface area contributed by atoms with Crippen LogP contribution in [0.2, 0.25) is 0 Å². The van der Waals surface area contributed by atoms with Gasteiger partial charge in [-0.15, -0.1) is 16.4 Å². The van der Waals surface area contributed by atoms with E-state index < -0.39 is 0 Å². The van der Waals surface area contributed by atoms with Crippen LogP contribution in [0.4, 0.5) is 4.39 Å². The van der Waals surface area contributed by atoms with Gasteiger partial charge in [0.15, 0.2) is 11.6 Å². The normalized spacial score (nSPS) is 16.8. The second-order valence-corrected chi connectivity index (χ2v) is 7.31. The van der Waals surface area contributed by atoms with Gasteiger partial charge in [-0.3, -0.25) is 4.79 Å². The zero-order valence-electron chi connectivity index (χ0n) is 13.6. The van der Waals surface area contributed by atoms with Crippen LogP contribution < -0.4 is 0 Å². The van der Waals surface area contributed by atoms with E-state index in [-0.39, 0.29) is 17.5 Å². The zero-order chi connectivity index (χ0) is 17.7. The summed E-state index contributed by atoms with van der Waals surface area (Å²) < 4.78 is 14.6. The van der Waals surface area contributed by atoms with E-state index in [0.717, 1.165) is 12.1 Å². The van der Waals surface area contributed by atoms with Crippen LogP contribution in [0.5, 0.6) is 0 Å². The highest BCUT2D eigenvalue weighted by atomic mass is 32.1. The molecule has 0 bridgehead atoms. The van der Waals surface area contributed by atoms with Crippen molar-refractivity contribution in [3.63, 3.8) is 0 Å². The second kappa shape index (κ2) is 5.81. The minimum absolute atomic E-state index is 0.0814. The minimum atomic E-state index is -0.309. The number of thiophene rings is 1. The van der Waals surface area contributed by atoms with Gasteiger partial charge >= 0.3 is 0 Å². The fourth-order valence-corrected chi connectivity index (χ4v) is 4.16. The number of benzene rings is 1. The minimum Gasteiger partial charge on any atom is -0.294 e. The van der Waals surface area contributed by atoms with Crippen molar-refractivity contribution in [1.82, 2.24) is 19.6 Å². The smallest absolute Gasteiger partial charge is 0.252 e. The molecule has 0 amide bonds. The Morgan fingerprint density at radius 2 is 1.96 bits per heavy atom. The van der Waals surface area contributed by atoms with Crippen LogP contribution in [0.25, 0.3) is 17.2 Å². The van der Waals surface area contributed by atoms with Gasteiger partial charge in [-0.25, -0.2) is 13.9 Å². The van der Waals surface area contributed by atoms with Gasteiger partial charge < -0.3 is 0 Å². The lowest BCUT2D eigenvalue weighted by atomic mass is 9.86. The summed E-state index contributed by atoms with van der Waals surface area (Å²) in [5.74, 6) is 0.850. The molecule has 1 unspecified atom stereocenters. The van der Waals surface area contributed by atoms with Crippen molar-refractivity contribution >= 4 is 22.9 Å². The number of ketones is 1. The maximum absolute atomic E-state index is 13.1. The summed E-state index contributed by atoms with van der Waals surface area (Å²) in [5.41, 5.74) is 2.09. The Bertz CT molecular complexity index is 1120. The van der Waals surface area contributed by atoms with Gasteiger partial charge in [0.1, 0.15) is 5.82 Å². The molecule has 5 rings (SSSR count). The molecule has 0 radical (unpaired) electrons. The van der Waals surface area contributed by atoms with Crippen molar-refractivity contribution in [3.05, 3.63) is 69.9 Å². The summed E-state index contributed by atoms with van der Waals surface area (Å²) in [6.45, 7) is 0. The van der Waals surface area contributed by atoms with E-state index in [1.54, 1.807) is 29.7 Å². The van der Waals surface area contributed by atoms with Crippen molar-refractivity contribution in [3.8, 4) is 11.4 Å². The van der Waals surface area contributed by atoms with Crippen LogP contribution in [0.15, 0.2) is 48.0 Å².